The van der Waals surface area contributed by atoms with Crippen molar-refractivity contribution >= 4 is 11.4 Å². The Morgan fingerprint density at radius 1 is 0.500 bits per heavy atom. The van der Waals surface area contributed by atoms with Crippen LogP contribution in [0.5, 0.6) is 11.5 Å². The molecular formula is C45H38N4O. The van der Waals surface area contributed by atoms with E-state index in [1.807, 2.05) is 30.3 Å². The maximum Gasteiger partial charge on any atom is 0.129 e. The van der Waals surface area contributed by atoms with Gasteiger partial charge in [-0.3, -0.25) is 0 Å². The van der Waals surface area contributed by atoms with Crippen LogP contribution >= 0.6 is 0 Å². The summed E-state index contributed by atoms with van der Waals surface area (Å²) in [5, 5.41) is 5.40. The molecule has 0 spiro atoms. The molecule has 8 rings (SSSR count). The summed E-state index contributed by atoms with van der Waals surface area (Å²) in [4.78, 5) is 4.44. The van der Waals surface area contributed by atoms with Crippen LogP contribution in [-0.2, 0) is 0 Å². The van der Waals surface area contributed by atoms with Crippen LogP contribution in [0.3, 0.4) is 0 Å². The highest BCUT2D eigenvalue weighted by Gasteiger charge is 2.26. The average molecular weight is 651 g/mol. The first-order valence-electron chi connectivity index (χ1n) is 17.0. The topological polar surface area (TPSA) is 33.5 Å². The van der Waals surface area contributed by atoms with Gasteiger partial charge in [0.15, 0.2) is 0 Å². The Kier molecular flexibility index (Phi) is 8.23. The first-order chi connectivity index (χ1) is 24.5. The first kappa shape index (κ1) is 31.0. The highest BCUT2D eigenvalue weighted by Crippen LogP contribution is 2.44. The van der Waals surface area contributed by atoms with Crippen molar-refractivity contribution in [1.82, 2.24) is 9.78 Å². The second-order valence-corrected chi connectivity index (χ2v) is 12.8. The van der Waals surface area contributed by atoms with Crippen LogP contribution in [-0.4, -0.2) is 16.4 Å². The molecule has 1 aliphatic rings. The number of para-hydroxylation sites is 2. The van der Waals surface area contributed by atoms with Gasteiger partial charge in [-0.1, -0.05) is 103 Å². The van der Waals surface area contributed by atoms with E-state index in [0.29, 0.717) is 0 Å². The summed E-state index contributed by atoms with van der Waals surface area (Å²) in [6.07, 6.45) is 4.22. The molecule has 0 N–H and O–H groups in total. The molecule has 0 unspecified atom stereocenters. The van der Waals surface area contributed by atoms with Gasteiger partial charge in [0, 0.05) is 46.5 Å². The molecule has 5 nitrogen and oxygen atoms in total. The second kappa shape index (κ2) is 13.3. The Bertz CT molecular complexity index is 2290. The number of nitrogens with zero attached hydrogens (tertiary/aromatic N) is 4. The van der Waals surface area contributed by atoms with E-state index in [4.69, 9.17) is 9.84 Å². The standard InChI is InChI=1S/C45H38N4O/c1-32-27-33(2)42(34(3)28-32)43-44(46-49(38-20-11-6-12-21-38)45(43)35-15-7-4-8-16-35)36-17-13-23-40(29-36)50-41-24-14-22-39(30-41)48-26-25-47(31-48)37-18-9-5-10-19-37/h4-30H,31H2,1-3H3. The number of ether oxygens (including phenoxy) is 1. The monoisotopic (exact) mass is 650 g/mol. The summed E-state index contributed by atoms with van der Waals surface area (Å²) in [7, 11) is 0. The fourth-order valence-corrected chi connectivity index (χ4v) is 6.99. The Morgan fingerprint density at radius 3 is 1.72 bits per heavy atom. The number of anilines is 2. The smallest absolute Gasteiger partial charge is 0.129 e. The molecule has 5 heteroatoms. The maximum absolute atomic E-state index is 6.57. The summed E-state index contributed by atoms with van der Waals surface area (Å²) in [5.74, 6) is 1.53. The second-order valence-electron chi connectivity index (χ2n) is 12.8. The third-order valence-corrected chi connectivity index (χ3v) is 9.17. The third kappa shape index (κ3) is 6.06. The Hall–Kier alpha value is -6.33. The Morgan fingerprint density at radius 2 is 1.04 bits per heavy atom. The maximum atomic E-state index is 6.57. The van der Waals surface area contributed by atoms with Crippen LogP contribution in [0, 0.1) is 20.8 Å². The van der Waals surface area contributed by atoms with E-state index in [1.54, 1.807) is 0 Å². The third-order valence-electron chi connectivity index (χ3n) is 9.17. The van der Waals surface area contributed by atoms with Gasteiger partial charge in [0.05, 0.1) is 18.1 Å². The lowest BCUT2D eigenvalue weighted by Crippen LogP contribution is -2.24. The largest absolute Gasteiger partial charge is 0.457 e. The SMILES string of the molecule is Cc1cc(C)c(-c2c(-c3cccc(Oc4cccc(N5C=CN(c6ccccc6)C5)c4)c3)nn(-c3ccccc3)c2-c2ccccc2)c(C)c1. The molecule has 6 aromatic carbocycles. The fraction of sp³-hybridized carbons (Fsp3) is 0.0889. The molecule has 0 saturated carbocycles. The zero-order valence-corrected chi connectivity index (χ0v) is 28.5. The van der Waals surface area contributed by atoms with Crippen LogP contribution in [0.1, 0.15) is 16.7 Å². The lowest BCUT2D eigenvalue weighted by Gasteiger charge is -2.22. The summed E-state index contributed by atoms with van der Waals surface area (Å²) in [6.45, 7) is 7.30. The van der Waals surface area contributed by atoms with Gasteiger partial charge in [0.2, 0.25) is 0 Å². The first-order valence-corrected chi connectivity index (χ1v) is 17.0. The van der Waals surface area contributed by atoms with Gasteiger partial charge in [0.25, 0.3) is 0 Å². The van der Waals surface area contributed by atoms with Crippen molar-refractivity contribution in [2.75, 3.05) is 16.5 Å². The number of hydrogen-bond donors (Lipinski definition) is 0. The van der Waals surface area contributed by atoms with Crippen LogP contribution in [0.15, 0.2) is 164 Å². The molecule has 0 fully saturated rings. The molecule has 244 valence electrons. The minimum absolute atomic E-state index is 0.734. The minimum Gasteiger partial charge on any atom is -0.457 e. The summed E-state index contributed by atoms with van der Waals surface area (Å²) in [5.41, 5.74) is 13.3. The Labute approximate surface area is 294 Å². The Balaban J connectivity index is 1.20. The summed E-state index contributed by atoms with van der Waals surface area (Å²) < 4.78 is 8.66. The highest BCUT2D eigenvalue weighted by molar-refractivity contribution is 5.95. The average Bonchev–Trinajstić information content (AvgIpc) is 3.79. The molecule has 2 heterocycles. The van der Waals surface area contributed by atoms with Crippen molar-refractivity contribution in [3.63, 3.8) is 0 Å². The predicted octanol–water partition coefficient (Wildman–Crippen LogP) is 11.3. The van der Waals surface area contributed by atoms with Crippen LogP contribution in [0.4, 0.5) is 11.4 Å². The van der Waals surface area contributed by atoms with Gasteiger partial charge in [-0.05, 0) is 86.0 Å². The van der Waals surface area contributed by atoms with E-state index in [0.717, 1.165) is 63.3 Å². The van der Waals surface area contributed by atoms with Gasteiger partial charge in [-0.25, -0.2) is 4.68 Å². The van der Waals surface area contributed by atoms with Crippen LogP contribution < -0.4 is 14.5 Å². The van der Waals surface area contributed by atoms with E-state index in [9.17, 15) is 0 Å². The van der Waals surface area contributed by atoms with Gasteiger partial charge in [-0.15, -0.1) is 0 Å². The lowest BCUT2D eigenvalue weighted by molar-refractivity contribution is 0.483. The number of aryl methyl sites for hydroxylation is 3. The molecule has 7 aromatic rings. The predicted molar refractivity (Wildman–Crippen MR) is 206 cm³/mol. The van der Waals surface area contributed by atoms with Crippen molar-refractivity contribution in [3.05, 3.63) is 181 Å². The molecule has 1 aromatic heterocycles. The van der Waals surface area contributed by atoms with Gasteiger partial charge >= 0.3 is 0 Å². The van der Waals surface area contributed by atoms with Gasteiger partial charge < -0.3 is 14.5 Å². The van der Waals surface area contributed by atoms with E-state index in [-0.39, 0.29) is 0 Å². The normalized spacial score (nSPS) is 12.5. The number of hydrogen-bond acceptors (Lipinski definition) is 4. The minimum atomic E-state index is 0.734. The molecule has 0 radical (unpaired) electrons. The van der Waals surface area contributed by atoms with Gasteiger partial charge in [0.1, 0.15) is 17.2 Å². The molecule has 0 saturated heterocycles. The molecule has 0 aliphatic carbocycles. The van der Waals surface area contributed by atoms with Crippen LogP contribution in [0.25, 0.3) is 39.3 Å². The fourth-order valence-electron chi connectivity index (χ4n) is 6.99. The zero-order chi connectivity index (χ0) is 34.0. The van der Waals surface area contributed by atoms with Crippen molar-refractivity contribution in [2.45, 2.75) is 20.8 Å². The van der Waals surface area contributed by atoms with Crippen molar-refractivity contribution in [2.24, 2.45) is 0 Å². The molecule has 0 atom stereocenters. The summed E-state index contributed by atoms with van der Waals surface area (Å²) >= 11 is 0. The van der Waals surface area contributed by atoms with E-state index in [1.165, 1.54) is 22.3 Å². The van der Waals surface area contributed by atoms with Gasteiger partial charge in [-0.2, -0.15) is 5.10 Å². The quantitative estimate of drug-likeness (QED) is 0.164. The van der Waals surface area contributed by atoms with Crippen molar-refractivity contribution in [1.29, 1.82) is 0 Å². The van der Waals surface area contributed by atoms with E-state index < -0.39 is 0 Å². The van der Waals surface area contributed by atoms with Crippen LogP contribution in [0.2, 0.25) is 0 Å². The molecule has 1 aliphatic heterocycles. The zero-order valence-electron chi connectivity index (χ0n) is 28.5. The van der Waals surface area contributed by atoms with Crippen molar-refractivity contribution < 1.29 is 4.74 Å². The number of aromatic nitrogens is 2. The van der Waals surface area contributed by atoms with Crippen molar-refractivity contribution in [3.8, 4) is 50.8 Å². The molecule has 50 heavy (non-hydrogen) atoms. The lowest BCUT2D eigenvalue weighted by atomic mass is 9.89. The van der Waals surface area contributed by atoms with E-state index >= 15 is 0 Å². The molecule has 0 amide bonds. The molecular weight excluding hydrogens is 613 g/mol. The number of benzene rings is 6. The van der Waals surface area contributed by atoms with E-state index in [2.05, 4.69) is 169 Å². The number of rotatable bonds is 8. The molecule has 0 bridgehead atoms. The highest BCUT2D eigenvalue weighted by atomic mass is 16.5. The summed E-state index contributed by atoms with van der Waals surface area (Å²) in [6, 6.07) is 52.5.